The molecule has 0 unspecified atom stereocenters. The maximum Gasteiger partial charge on any atom is 0.342 e. The van der Waals surface area contributed by atoms with Gasteiger partial charge in [-0.2, -0.15) is 0 Å². The van der Waals surface area contributed by atoms with Crippen LogP contribution in [0.3, 0.4) is 0 Å². The van der Waals surface area contributed by atoms with Gasteiger partial charge in [0.25, 0.3) is 5.91 Å². The van der Waals surface area contributed by atoms with Crippen molar-refractivity contribution in [2.24, 2.45) is 0 Å². The Labute approximate surface area is 160 Å². The first-order valence-corrected chi connectivity index (χ1v) is 8.54. The molecule has 1 aromatic heterocycles. The van der Waals surface area contributed by atoms with E-state index in [1.165, 1.54) is 0 Å². The standard InChI is InChI=1S/C20H20N2O6/c1-20(2,3)15-9-17(28-22-15)21-16(24)10-27-19(26)13-8-14(23)11-6-4-5-7-12(11)18(13)25/h4-9,23,25H,10H2,1-3H3,(H,21,24). The number of carbonyl (C=O) groups excluding carboxylic acids is 2. The van der Waals surface area contributed by atoms with Crippen molar-refractivity contribution < 1.29 is 29.1 Å². The van der Waals surface area contributed by atoms with Gasteiger partial charge >= 0.3 is 5.97 Å². The Morgan fingerprint density at radius 1 is 1.14 bits per heavy atom. The fourth-order valence-corrected chi connectivity index (χ4v) is 2.57. The highest BCUT2D eigenvalue weighted by atomic mass is 16.5. The van der Waals surface area contributed by atoms with Crippen LogP contribution in [0, 0.1) is 0 Å². The lowest BCUT2D eigenvalue weighted by Gasteiger charge is -2.12. The van der Waals surface area contributed by atoms with Crippen LogP contribution in [0.25, 0.3) is 10.8 Å². The summed E-state index contributed by atoms with van der Waals surface area (Å²) in [6, 6.07) is 9.21. The Hall–Kier alpha value is -3.55. The van der Waals surface area contributed by atoms with Gasteiger partial charge in [0.1, 0.15) is 17.1 Å². The van der Waals surface area contributed by atoms with Crippen molar-refractivity contribution in [3.8, 4) is 11.5 Å². The minimum absolute atomic E-state index is 0.136. The molecular formula is C20H20N2O6. The van der Waals surface area contributed by atoms with E-state index in [1.807, 2.05) is 20.8 Å². The zero-order chi connectivity index (χ0) is 20.5. The number of esters is 1. The second kappa shape index (κ2) is 7.22. The number of carbonyl (C=O) groups is 2. The average Bonchev–Trinajstić information content (AvgIpc) is 3.11. The summed E-state index contributed by atoms with van der Waals surface area (Å²) in [6.07, 6.45) is 0. The number of amides is 1. The van der Waals surface area contributed by atoms with Crippen molar-refractivity contribution in [2.45, 2.75) is 26.2 Å². The van der Waals surface area contributed by atoms with Crippen LogP contribution >= 0.6 is 0 Å². The molecule has 0 atom stereocenters. The van der Waals surface area contributed by atoms with E-state index >= 15 is 0 Å². The van der Waals surface area contributed by atoms with Crippen LogP contribution in [0.1, 0.15) is 36.8 Å². The number of aromatic hydroxyl groups is 2. The van der Waals surface area contributed by atoms with Crippen LogP contribution < -0.4 is 5.32 Å². The number of nitrogens with zero attached hydrogens (tertiary/aromatic N) is 1. The molecule has 0 fully saturated rings. The first-order valence-electron chi connectivity index (χ1n) is 8.54. The van der Waals surface area contributed by atoms with E-state index in [1.54, 1.807) is 30.3 Å². The van der Waals surface area contributed by atoms with Crippen LogP contribution in [-0.2, 0) is 14.9 Å². The Balaban J connectivity index is 1.67. The van der Waals surface area contributed by atoms with Crippen molar-refractivity contribution >= 4 is 28.5 Å². The molecule has 0 bridgehead atoms. The molecular weight excluding hydrogens is 364 g/mol. The van der Waals surface area contributed by atoms with Crippen LogP contribution in [0.5, 0.6) is 11.5 Å². The number of rotatable bonds is 4. The van der Waals surface area contributed by atoms with Crippen molar-refractivity contribution in [1.29, 1.82) is 0 Å². The molecule has 28 heavy (non-hydrogen) atoms. The first-order chi connectivity index (χ1) is 13.2. The van der Waals surface area contributed by atoms with Gasteiger partial charge in [-0.1, -0.05) is 50.2 Å². The van der Waals surface area contributed by atoms with Gasteiger partial charge in [-0.15, -0.1) is 0 Å². The number of ether oxygens (including phenoxy) is 1. The predicted octanol–water partition coefficient (Wildman–Crippen LogP) is 3.33. The van der Waals surface area contributed by atoms with E-state index in [4.69, 9.17) is 9.26 Å². The van der Waals surface area contributed by atoms with Crippen LogP contribution in [0.4, 0.5) is 5.88 Å². The highest BCUT2D eigenvalue weighted by Gasteiger charge is 2.21. The summed E-state index contributed by atoms with van der Waals surface area (Å²) >= 11 is 0. The molecule has 1 heterocycles. The maximum atomic E-state index is 12.2. The van der Waals surface area contributed by atoms with E-state index in [2.05, 4.69) is 10.5 Å². The van der Waals surface area contributed by atoms with Gasteiger partial charge in [0.15, 0.2) is 6.61 Å². The molecule has 8 heteroatoms. The molecule has 0 spiro atoms. The van der Waals surface area contributed by atoms with Crippen molar-refractivity contribution in [1.82, 2.24) is 5.16 Å². The van der Waals surface area contributed by atoms with Gasteiger partial charge in [-0.25, -0.2) is 4.79 Å². The van der Waals surface area contributed by atoms with E-state index < -0.39 is 18.5 Å². The number of anilines is 1. The summed E-state index contributed by atoms with van der Waals surface area (Å²) in [5.41, 5.74) is 0.184. The van der Waals surface area contributed by atoms with E-state index in [9.17, 15) is 19.8 Å². The quantitative estimate of drug-likeness (QED) is 0.466. The Morgan fingerprint density at radius 3 is 2.46 bits per heavy atom. The van der Waals surface area contributed by atoms with E-state index in [0.717, 1.165) is 6.07 Å². The summed E-state index contributed by atoms with van der Waals surface area (Å²) in [7, 11) is 0. The van der Waals surface area contributed by atoms with Gasteiger partial charge in [-0.05, 0) is 6.07 Å². The fraction of sp³-hybridized carbons (Fsp3) is 0.250. The summed E-state index contributed by atoms with van der Waals surface area (Å²) in [4.78, 5) is 24.2. The van der Waals surface area contributed by atoms with Crippen molar-refractivity contribution in [3.63, 3.8) is 0 Å². The molecule has 0 radical (unpaired) electrons. The lowest BCUT2D eigenvalue weighted by molar-refractivity contribution is -0.119. The van der Waals surface area contributed by atoms with E-state index in [0.29, 0.717) is 16.5 Å². The maximum absolute atomic E-state index is 12.2. The molecule has 3 N–H and O–H groups in total. The third-order valence-electron chi connectivity index (χ3n) is 4.09. The number of hydrogen-bond acceptors (Lipinski definition) is 7. The van der Waals surface area contributed by atoms with E-state index in [-0.39, 0.29) is 28.4 Å². The molecule has 8 nitrogen and oxygen atoms in total. The number of nitrogens with one attached hydrogen (secondary N) is 1. The Morgan fingerprint density at radius 2 is 1.82 bits per heavy atom. The molecule has 1 amide bonds. The average molecular weight is 384 g/mol. The highest BCUT2D eigenvalue weighted by molar-refractivity contribution is 6.04. The van der Waals surface area contributed by atoms with Crippen molar-refractivity contribution in [2.75, 3.05) is 11.9 Å². The second-order valence-corrected chi connectivity index (χ2v) is 7.29. The SMILES string of the molecule is CC(C)(C)c1cc(NC(=O)COC(=O)c2cc(O)c3ccccc3c2O)on1. The molecule has 146 valence electrons. The van der Waals surface area contributed by atoms with Crippen LogP contribution in [-0.4, -0.2) is 33.9 Å². The number of hydrogen-bond donors (Lipinski definition) is 3. The highest BCUT2D eigenvalue weighted by Crippen LogP contribution is 2.35. The zero-order valence-corrected chi connectivity index (χ0v) is 15.6. The molecule has 0 saturated carbocycles. The monoisotopic (exact) mass is 384 g/mol. The topological polar surface area (TPSA) is 122 Å². The lowest BCUT2D eigenvalue weighted by Crippen LogP contribution is -2.20. The number of benzene rings is 2. The van der Waals surface area contributed by atoms with Crippen LogP contribution in [0.2, 0.25) is 0 Å². The fourth-order valence-electron chi connectivity index (χ4n) is 2.57. The van der Waals surface area contributed by atoms with Crippen molar-refractivity contribution in [3.05, 3.63) is 47.7 Å². The van der Waals surface area contributed by atoms with Gasteiger partial charge < -0.3 is 19.5 Å². The normalized spacial score (nSPS) is 11.4. The second-order valence-electron chi connectivity index (χ2n) is 7.29. The smallest absolute Gasteiger partial charge is 0.342 e. The Kier molecular flexibility index (Phi) is 4.96. The first kappa shape index (κ1) is 19.2. The summed E-state index contributed by atoms with van der Waals surface area (Å²) < 4.78 is 9.98. The molecule has 0 aliphatic carbocycles. The molecule has 0 saturated heterocycles. The minimum Gasteiger partial charge on any atom is -0.507 e. The predicted molar refractivity (Wildman–Crippen MR) is 101 cm³/mol. The van der Waals surface area contributed by atoms with Gasteiger partial charge in [0.05, 0.1) is 5.69 Å². The zero-order valence-electron chi connectivity index (χ0n) is 15.6. The van der Waals surface area contributed by atoms with Gasteiger partial charge in [-0.3, -0.25) is 10.1 Å². The number of fused-ring (bicyclic) bond motifs is 1. The summed E-state index contributed by atoms with van der Waals surface area (Å²) in [5, 5.41) is 27.3. The Bertz CT molecular complexity index is 1050. The minimum atomic E-state index is -0.943. The molecule has 0 aliphatic rings. The molecule has 0 aliphatic heterocycles. The van der Waals surface area contributed by atoms with Crippen LogP contribution in [0.15, 0.2) is 40.9 Å². The summed E-state index contributed by atoms with van der Waals surface area (Å²) in [6.45, 7) is 5.24. The summed E-state index contributed by atoms with van der Waals surface area (Å²) in [5.74, 6) is -1.95. The molecule has 2 aromatic carbocycles. The third kappa shape index (κ3) is 3.90. The number of phenolic OH excluding ortho intramolecular Hbond substituents is 2. The number of aromatic nitrogens is 1. The number of phenols is 2. The third-order valence-corrected chi connectivity index (χ3v) is 4.09. The van der Waals surface area contributed by atoms with Gasteiger partial charge in [0, 0.05) is 22.3 Å². The molecule has 3 rings (SSSR count). The van der Waals surface area contributed by atoms with Gasteiger partial charge in [0.2, 0.25) is 5.88 Å². The lowest BCUT2D eigenvalue weighted by atomic mass is 9.92. The molecule has 3 aromatic rings. The largest absolute Gasteiger partial charge is 0.507 e.